The third-order valence-electron chi connectivity index (χ3n) is 3.86. The summed E-state index contributed by atoms with van der Waals surface area (Å²) in [7, 11) is 0. The highest BCUT2D eigenvalue weighted by molar-refractivity contribution is 7.99. The zero-order chi connectivity index (χ0) is 11.7. The van der Waals surface area contributed by atoms with Gasteiger partial charge in [-0.25, -0.2) is 4.98 Å². The lowest BCUT2D eigenvalue weighted by atomic mass is 9.86. The Morgan fingerprint density at radius 1 is 1.24 bits per heavy atom. The Balaban J connectivity index is 1.97. The minimum atomic E-state index is 0.530. The molecule has 0 unspecified atom stereocenters. The van der Waals surface area contributed by atoms with Crippen LogP contribution < -0.4 is 0 Å². The summed E-state index contributed by atoms with van der Waals surface area (Å²) in [6.07, 6.45) is 8.51. The van der Waals surface area contributed by atoms with E-state index >= 15 is 0 Å². The second-order valence-corrected chi connectivity index (χ2v) is 6.03. The summed E-state index contributed by atoms with van der Waals surface area (Å²) in [5.41, 5.74) is 1.95. The van der Waals surface area contributed by atoms with Crippen LogP contribution in [0.15, 0.2) is 5.16 Å². The van der Waals surface area contributed by atoms with E-state index in [9.17, 15) is 4.79 Å². The third-order valence-corrected chi connectivity index (χ3v) is 4.92. The Bertz CT molecular complexity index is 421. The molecule has 17 heavy (non-hydrogen) atoms. The first-order valence-electron chi connectivity index (χ1n) is 6.58. The van der Waals surface area contributed by atoms with Crippen molar-refractivity contribution in [3.8, 4) is 0 Å². The van der Waals surface area contributed by atoms with Gasteiger partial charge in [-0.2, -0.15) is 0 Å². The molecule has 0 aromatic carbocycles. The highest BCUT2D eigenvalue weighted by atomic mass is 32.2. The number of hydrogen-bond acceptors (Lipinski definition) is 3. The predicted octanol–water partition coefficient (Wildman–Crippen LogP) is 3.24. The van der Waals surface area contributed by atoms with Crippen LogP contribution in [0.25, 0.3) is 0 Å². The lowest BCUT2D eigenvalue weighted by molar-refractivity contribution is 0.111. The average Bonchev–Trinajstić information content (AvgIpc) is 2.78. The molecular weight excluding hydrogens is 232 g/mol. The standard InChI is InChI=1S/C13H18N2OS/c16-9-11-12(10-5-2-1-3-6-10)14-13-15(11)7-4-8-17-13/h9-10H,1-8H2. The fourth-order valence-corrected chi connectivity index (χ4v) is 3.94. The molecule has 0 saturated heterocycles. The van der Waals surface area contributed by atoms with Crippen LogP contribution in [-0.2, 0) is 6.54 Å². The van der Waals surface area contributed by atoms with E-state index in [-0.39, 0.29) is 0 Å². The number of nitrogens with zero attached hydrogens (tertiary/aromatic N) is 2. The van der Waals surface area contributed by atoms with E-state index in [1.807, 2.05) is 0 Å². The van der Waals surface area contributed by atoms with E-state index in [0.29, 0.717) is 5.92 Å². The number of thioether (sulfide) groups is 1. The van der Waals surface area contributed by atoms with E-state index < -0.39 is 0 Å². The lowest BCUT2D eigenvalue weighted by Gasteiger charge is -2.20. The summed E-state index contributed by atoms with van der Waals surface area (Å²) in [5, 5.41) is 1.07. The van der Waals surface area contributed by atoms with Crippen LogP contribution in [0.2, 0.25) is 0 Å². The largest absolute Gasteiger partial charge is 0.317 e. The smallest absolute Gasteiger partial charge is 0.168 e. The van der Waals surface area contributed by atoms with Crippen LogP contribution in [0.3, 0.4) is 0 Å². The van der Waals surface area contributed by atoms with Gasteiger partial charge in [0.15, 0.2) is 11.4 Å². The van der Waals surface area contributed by atoms with Gasteiger partial charge in [0.2, 0.25) is 0 Å². The monoisotopic (exact) mass is 250 g/mol. The van der Waals surface area contributed by atoms with Gasteiger partial charge in [-0.1, -0.05) is 31.0 Å². The minimum Gasteiger partial charge on any atom is -0.317 e. The number of aromatic nitrogens is 2. The second-order valence-electron chi connectivity index (χ2n) is 4.97. The molecule has 2 aliphatic rings. The van der Waals surface area contributed by atoms with Crippen molar-refractivity contribution in [1.29, 1.82) is 0 Å². The second kappa shape index (κ2) is 4.84. The van der Waals surface area contributed by atoms with Crippen LogP contribution >= 0.6 is 11.8 Å². The lowest BCUT2D eigenvalue weighted by Crippen LogP contribution is -2.11. The first-order chi connectivity index (χ1) is 8.40. The fourth-order valence-electron chi connectivity index (χ4n) is 2.97. The number of hydrogen-bond donors (Lipinski definition) is 0. The van der Waals surface area contributed by atoms with Crippen molar-refractivity contribution in [2.75, 3.05) is 5.75 Å². The quantitative estimate of drug-likeness (QED) is 0.756. The van der Waals surface area contributed by atoms with E-state index in [2.05, 4.69) is 4.57 Å². The van der Waals surface area contributed by atoms with Crippen LogP contribution in [0, 0.1) is 0 Å². The molecule has 0 N–H and O–H groups in total. The maximum absolute atomic E-state index is 11.3. The first-order valence-corrected chi connectivity index (χ1v) is 7.57. The van der Waals surface area contributed by atoms with Crippen LogP contribution in [0.4, 0.5) is 0 Å². The molecule has 1 aromatic rings. The summed E-state index contributed by atoms with van der Waals surface area (Å²) < 4.78 is 2.13. The number of aldehydes is 1. The molecule has 1 fully saturated rings. The normalized spacial score (nSPS) is 21.2. The summed E-state index contributed by atoms with van der Waals surface area (Å²) in [4.78, 5) is 16.1. The van der Waals surface area contributed by atoms with Gasteiger partial charge in [0.05, 0.1) is 5.69 Å². The molecular formula is C13H18N2OS. The molecule has 3 rings (SSSR count). The molecule has 0 amide bonds. The molecule has 3 nitrogen and oxygen atoms in total. The highest BCUT2D eigenvalue weighted by Crippen LogP contribution is 2.36. The summed E-state index contributed by atoms with van der Waals surface area (Å²) in [6, 6.07) is 0. The average molecular weight is 250 g/mol. The molecule has 0 spiro atoms. The summed E-state index contributed by atoms with van der Waals surface area (Å²) >= 11 is 1.80. The van der Waals surface area contributed by atoms with Crippen molar-refractivity contribution in [3.63, 3.8) is 0 Å². The van der Waals surface area contributed by atoms with Gasteiger partial charge in [-0.15, -0.1) is 0 Å². The van der Waals surface area contributed by atoms with Crippen molar-refractivity contribution >= 4 is 18.0 Å². The zero-order valence-electron chi connectivity index (χ0n) is 10.0. The van der Waals surface area contributed by atoms with Crippen molar-refractivity contribution in [1.82, 2.24) is 9.55 Å². The van der Waals surface area contributed by atoms with Gasteiger partial charge < -0.3 is 4.57 Å². The molecule has 1 saturated carbocycles. The Kier molecular flexibility index (Phi) is 3.23. The van der Waals surface area contributed by atoms with Crippen LogP contribution in [0.5, 0.6) is 0 Å². The van der Waals surface area contributed by atoms with E-state index in [1.54, 1.807) is 11.8 Å². The van der Waals surface area contributed by atoms with Gasteiger partial charge in [0.25, 0.3) is 0 Å². The first kappa shape index (κ1) is 11.3. The Labute approximate surface area is 106 Å². The van der Waals surface area contributed by atoms with Crippen molar-refractivity contribution in [2.45, 2.75) is 56.1 Å². The topological polar surface area (TPSA) is 34.9 Å². The molecule has 0 radical (unpaired) electrons. The fraction of sp³-hybridized carbons (Fsp3) is 0.692. The van der Waals surface area contributed by atoms with Gasteiger partial charge in [0, 0.05) is 18.2 Å². The van der Waals surface area contributed by atoms with Crippen LogP contribution in [0.1, 0.15) is 60.6 Å². The number of carbonyl (C=O) groups excluding carboxylic acids is 1. The number of imidazole rings is 1. The molecule has 1 aromatic heterocycles. The van der Waals surface area contributed by atoms with Gasteiger partial charge >= 0.3 is 0 Å². The molecule has 1 aliphatic heterocycles. The van der Waals surface area contributed by atoms with Gasteiger partial charge in [0.1, 0.15) is 5.69 Å². The Morgan fingerprint density at radius 3 is 2.82 bits per heavy atom. The van der Waals surface area contributed by atoms with Crippen molar-refractivity contribution in [3.05, 3.63) is 11.4 Å². The Hall–Kier alpha value is -0.770. The summed E-state index contributed by atoms with van der Waals surface area (Å²) in [6.45, 7) is 0.968. The van der Waals surface area contributed by atoms with Gasteiger partial charge in [-0.05, 0) is 19.3 Å². The molecule has 2 heterocycles. The van der Waals surface area contributed by atoms with Crippen molar-refractivity contribution < 1.29 is 4.79 Å². The number of fused-ring (bicyclic) bond motifs is 1. The maximum atomic E-state index is 11.3. The molecule has 0 atom stereocenters. The summed E-state index contributed by atoms with van der Waals surface area (Å²) in [5.74, 6) is 1.67. The SMILES string of the molecule is O=Cc1c(C2CCCCC2)nc2n1CCCS2. The van der Waals surface area contributed by atoms with Gasteiger partial charge in [-0.3, -0.25) is 4.79 Å². The minimum absolute atomic E-state index is 0.530. The third kappa shape index (κ3) is 2.03. The van der Waals surface area contributed by atoms with Crippen LogP contribution in [-0.4, -0.2) is 21.6 Å². The molecule has 1 aliphatic carbocycles. The maximum Gasteiger partial charge on any atom is 0.168 e. The number of carbonyl (C=O) groups is 1. The van der Waals surface area contributed by atoms with Crippen molar-refractivity contribution in [2.24, 2.45) is 0 Å². The zero-order valence-corrected chi connectivity index (χ0v) is 10.8. The van der Waals surface area contributed by atoms with E-state index in [0.717, 1.165) is 41.5 Å². The van der Waals surface area contributed by atoms with E-state index in [4.69, 9.17) is 4.98 Å². The van der Waals surface area contributed by atoms with E-state index in [1.165, 1.54) is 32.1 Å². The number of rotatable bonds is 2. The molecule has 92 valence electrons. The molecule has 0 bridgehead atoms. The Morgan fingerprint density at radius 2 is 2.06 bits per heavy atom. The molecule has 4 heteroatoms. The predicted molar refractivity (Wildman–Crippen MR) is 68.8 cm³/mol. The highest BCUT2D eigenvalue weighted by Gasteiger charge is 2.26.